The van der Waals surface area contributed by atoms with Gasteiger partial charge in [0.2, 0.25) is 11.8 Å². The maximum atomic E-state index is 14.1. The molecule has 2 atom stereocenters. The molecular weight excluding hydrogens is 557 g/mol. The van der Waals surface area contributed by atoms with Crippen molar-refractivity contribution in [3.05, 3.63) is 89.7 Å². The molecule has 226 valence electrons. The van der Waals surface area contributed by atoms with Gasteiger partial charge in [-0.3, -0.25) is 13.9 Å². The summed E-state index contributed by atoms with van der Waals surface area (Å²) in [6.45, 7) is 9.32. The van der Waals surface area contributed by atoms with Crippen LogP contribution in [0.1, 0.15) is 51.7 Å². The summed E-state index contributed by atoms with van der Waals surface area (Å²) in [5.74, 6) is -0.916. The fourth-order valence-corrected chi connectivity index (χ4v) is 5.88. The second-order valence-electron chi connectivity index (χ2n) is 10.1. The molecule has 0 bridgehead atoms. The van der Waals surface area contributed by atoms with Crippen molar-refractivity contribution < 1.29 is 27.1 Å². The van der Waals surface area contributed by atoms with Crippen LogP contribution in [0.2, 0.25) is 0 Å². The van der Waals surface area contributed by atoms with Crippen LogP contribution in [-0.4, -0.2) is 50.4 Å². The zero-order valence-electron chi connectivity index (χ0n) is 24.8. The second kappa shape index (κ2) is 14.8. The van der Waals surface area contributed by atoms with Crippen LogP contribution in [0, 0.1) is 12.7 Å². The van der Waals surface area contributed by atoms with Gasteiger partial charge >= 0.3 is 0 Å². The Kier molecular flexibility index (Phi) is 11.5. The van der Waals surface area contributed by atoms with Gasteiger partial charge in [0.05, 0.1) is 17.2 Å². The highest BCUT2D eigenvalue weighted by atomic mass is 32.2. The molecule has 1 N–H and O–H groups in total. The van der Waals surface area contributed by atoms with Gasteiger partial charge in [-0.2, -0.15) is 0 Å². The minimum absolute atomic E-state index is 0.0601. The van der Waals surface area contributed by atoms with Crippen LogP contribution in [0.25, 0.3) is 0 Å². The van der Waals surface area contributed by atoms with E-state index in [-0.39, 0.29) is 29.1 Å². The van der Waals surface area contributed by atoms with Crippen LogP contribution < -0.4 is 14.4 Å². The molecule has 0 aliphatic carbocycles. The first-order valence-corrected chi connectivity index (χ1v) is 15.6. The van der Waals surface area contributed by atoms with Crippen molar-refractivity contribution in [2.75, 3.05) is 17.5 Å². The van der Waals surface area contributed by atoms with E-state index in [2.05, 4.69) is 5.32 Å². The van der Waals surface area contributed by atoms with Gasteiger partial charge in [-0.15, -0.1) is 0 Å². The highest BCUT2D eigenvalue weighted by Crippen LogP contribution is 2.27. The first-order valence-electron chi connectivity index (χ1n) is 14.2. The Balaban J connectivity index is 2.06. The van der Waals surface area contributed by atoms with Gasteiger partial charge in [0.15, 0.2) is 0 Å². The summed E-state index contributed by atoms with van der Waals surface area (Å²) in [5.41, 5.74) is 1.89. The van der Waals surface area contributed by atoms with Crippen molar-refractivity contribution in [3.8, 4) is 5.75 Å². The maximum Gasteiger partial charge on any atom is 0.264 e. The molecule has 0 heterocycles. The van der Waals surface area contributed by atoms with Crippen LogP contribution in [0.15, 0.2) is 77.7 Å². The van der Waals surface area contributed by atoms with Gasteiger partial charge in [0.1, 0.15) is 24.2 Å². The topological polar surface area (TPSA) is 96.0 Å². The lowest BCUT2D eigenvalue weighted by Crippen LogP contribution is -2.53. The number of aryl methyl sites for hydroxylation is 1. The van der Waals surface area contributed by atoms with Gasteiger partial charge in [-0.25, -0.2) is 12.8 Å². The maximum absolute atomic E-state index is 14.1. The Morgan fingerprint density at radius 1 is 0.929 bits per heavy atom. The number of benzene rings is 3. The summed E-state index contributed by atoms with van der Waals surface area (Å²) in [7, 11) is -4.28. The van der Waals surface area contributed by atoms with Crippen molar-refractivity contribution in [1.82, 2.24) is 10.2 Å². The number of carbonyl (C=O) groups is 2. The summed E-state index contributed by atoms with van der Waals surface area (Å²) in [6.07, 6.45) is 1.04. The summed E-state index contributed by atoms with van der Waals surface area (Å²) >= 11 is 0. The fourth-order valence-electron chi connectivity index (χ4n) is 4.47. The highest BCUT2D eigenvalue weighted by molar-refractivity contribution is 7.92. The molecule has 0 fully saturated rings. The lowest BCUT2D eigenvalue weighted by molar-refractivity contribution is -0.140. The van der Waals surface area contributed by atoms with Gasteiger partial charge in [0, 0.05) is 12.6 Å². The number of rotatable bonds is 14. The third-order valence-electron chi connectivity index (χ3n) is 7.11. The van der Waals surface area contributed by atoms with Crippen LogP contribution in [-0.2, 0) is 26.2 Å². The average molecular weight is 598 g/mol. The van der Waals surface area contributed by atoms with E-state index in [1.54, 1.807) is 0 Å². The number of nitrogens with one attached hydrogen (secondary N) is 1. The number of amides is 2. The largest absolute Gasteiger partial charge is 0.494 e. The summed E-state index contributed by atoms with van der Waals surface area (Å²) in [6, 6.07) is 17.4. The zero-order valence-corrected chi connectivity index (χ0v) is 25.7. The lowest BCUT2D eigenvalue weighted by Gasteiger charge is -2.34. The van der Waals surface area contributed by atoms with E-state index in [1.807, 2.05) is 58.9 Å². The van der Waals surface area contributed by atoms with Gasteiger partial charge in [-0.05, 0) is 93.3 Å². The molecule has 3 rings (SSSR count). The van der Waals surface area contributed by atoms with Crippen molar-refractivity contribution in [1.29, 1.82) is 0 Å². The molecule has 2 amide bonds. The van der Waals surface area contributed by atoms with Gasteiger partial charge in [-0.1, -0.05) is 38.1 Å². The summed E-state index contributed by atoms with van der Waals surface area (Å²) in [5, 5.41) is 2.96. The number of nitrogens with zero attached hydrogens (tertiary/aromatic N) is 2. The molecule has 10 heteroatoms. The van der Waals surface area contributed by atoms with E-state index >= 15 is 0 Å². The molecule has 0 spiro atoms. The van der Waals surface area contributed by atoms with E-state index in [9.17, 15) is 22.4 Å². The number of ether oxygens (including phenoxy) is 1. The van der Waals surface area contributed by atoms with Gasteiger partial charge < -0.3 is 15.0 Å². The van der Waals surface area contributed by atoms with Crippen molar-refractivity contribution in [2.24, 2.45) is 0 Å². The molecule has 42 heavy (non-hydrogen) atoms. The Hall–Kier alpha value is -3.92. The Labute approximate surface area is 248 Å². The van der Waals surface area contributed by atoms with Gasteiger partial charge in [0.25, 0.3) is 10.0 Å². The predicted octanol–water partition coefficient (Wildman–Crippen LogP) is 5.45. The number of halogens is 1. The molecule has 0 unspecified atom stereocenters. The van der Waals surface area contributed by atoms with E-state index in [1.165, 1.54) is 41.3 Å². The van der Waals surface area contributed by atoms with Crippen molar-refractivity contribution >= 4 is 27.5 Å². The smallest absolute Gasteiger partial charge is 0.264 e. The quantitative estimate of drug-likeness (QED) is 0.267. The number of sulfonamides is 1. The Bertz CT molecular complexity index is 1450. The molecule has 0 aliphatic heterocycles. The molecule has 8 nitrogen and oxygen atoms in total. The Morgan fingerprint density at radius 2 is 1.57 bits per heavy atom. The van der Waals surface area contributed by atoms with E-state index in [0.717, 1.165) is 27.6 Å². The average Bonchev–Trinajstić information content (AvgIpc) is 2.97. The minimum Gasteiger partial charge on any atom is -0.494 e. The number of hydrogen-bond acceptors (Lipinski definition) is 5. The monoisotopic (exact) mass is 597 g/mol. The molecular formula is C32H40FN3O5S. The highest BCUT2D eigenvalue weighted by Gasteiger charge is 2.34. The number of carbonyl (C=O) groups excluding carboxylic acids is 2. The second-order valence-corrected chi connectivity index (χ2v) is 11.9. The van der Waals surface area contributed by atoms with E-state index in [0.29, 0.717) is 25.2 Å². The van der Waals surface area contributed by atoms with Crippen molar-refractivity contribution in [3.63, 3.8) is 0 Å². The molecule has 0 aromatic heterocycles. The minimum atomic E-state index is -4.28. The molecule has 0 saturated carbocycles. The SMILES string of the molecule is CCOc1ccc(S(=O)(=O)N(CC(=O)N(Cc2ccccc2C)[C@@H](CC)C(=O)N[C@@H](C)CC)c2ccc(F)cc2)cc1. The molecule has 3 aromatic rings. The molecule has 0 radical (unpaired) electrons. The normalized spacial score (nSPS) is 12.7. The molecule has 3 aromatic carbocycles. The van der Waals surface area contributed by atoms with E-state index in [4.69, 9.17) is 4.74 Å². The number of hydrogen-bond donors (Lipinski definition) is 1. The third-order valence-corrected chi connectivity index (χ3v) is 8.89. The molecule has 0 saturated heterocycles. The van der Waals surface area contributed by atoms with Crippen molar-refractivity contribution in [2.45, 2.75) is 71.0 Å². The summed E-state index contributed by atoms with van der Waals surface area (Å²) < 4.78 is 48.1. The lowest BCUT2D eigenvalue weighted by atomic mass is 10.1. The zero-order chi connectivity index (χ0) is 30.9. The third kappa shape index (κ3) is 8.09. The van der Waals surface area contributed by atoms with E-state index < -0.39 is 34.3 Å². The first-order chi connectivity index (χ1) is 20.0. The first kappa shape index (κ1) is 32.6. The van der Waals surface area contributed by atoms with Crippen LogP contribution in [0.4, 0.5) is 10.1 Å². The number of anilines is 1. The fraction of sp³-hybridized carbons (Fsp3) is 0.375. The predicted molar refractivity (Wildman–Crippen MR) is 162 cm³/mol. The molecule has 0 aliphatic rings. The standard InChI is InChI=1S/C32H40FN3O5S/c1-6-24(5)34-32(38)30(7-2)35(21-25-12-10-9-11-23(25)4)31(37)22-36(27-15-13-26(33)14-16-27)42(39,40)29-19-17-28(18-20-29)41-8-3/h9-20,24,30H,6-8,21-22H2,1-5H3,(H,34,38)/t24-,30-/m0/s1. The van der Waals surface area contributed by atoms with Crippen LogP contribution in [0.3, 0.4) is 0 Å². The summed E-state index contributed by atoms with van der Waals surface area (Å²) in [4.78, 5) is 28.9. The van der Waals surface area contributed by atoms with Crippen LogP contribution >= 0.6 is 0 Å². The van der Waals surface area contributed by atoms with Crippen LogP contribution in [0.5, 0.6) is 5.75 Å². The Morgan fingerprint density at radius 3 is 2.14 bits per heavy atom.